The predicted octanol–water partition coefficient (Wildman–Crippen LogP) is 1.82. The molecule has 116 valence electrons. The summed E-state index contributed by atoms with van der Waals surface area (Å²) in [6.45, 7) is 5.22. The van der Waals surface area contributed by atoms with Gasteiger partial charge in [0.15, 0.2) is 0 Å². The third kappa shape index (κ3) is 2.35. The minimum absolute atomic E-state index is 0.0685. The lowest BCUT2D eigenvalue weighted by atomic mass is 9.57. The highest BCUT2D eigenvalue weighted by molar-refractivity contribution is 7.89. The number of ether oxygens (including phenoxy) is 1. The van der Waals surface area contributed by atoms with E-state index in [2.05, 4.69) is 23.9 Å². The van der Waals surface area contributed by atoms with Crippen molar-refractivity contribution in [1.82, 2.24) is 4.72 Å². The lowest BCUT2D eigenvalue weighted by molar-refractivity contribution is -0.0923. The molecule has 1 aliphatic heterocycles. The minimum Gasteiger partial charge on any atom is -0.381 e. The minimum atomic E-state index is -3.41. The Kier molecular flexibility index (Phi) is 3.50. The fourth-order valence-corrected chi connectivity index (χ4v) is 4.44. The molecule has 1 aromatic rings. The molecule has 1 aromatic carbocycles. The number of benzene rings is 1. The van der Waals surface area contributed by atoms with Crippen LogP contribution in [0, 0.1) is 11.3 Å². The van der Waals surface area contributed by atoms with Crippen LogP contribution in [0.15, 0.2) is 29.2 Å². The van der Waals surface area contributed by atoms with Crippen molar-refractivity contribution in [2.24, 2.45) is 11.3 Å². The van der Waals surface area contributed by atoms with Crippen LogP contribution in [0.4, 0.5) is 5.69 Å². The summed E-state index contributed by atoms with van der Waals surface area (Å²) in [6.07, 6.45) is 1.39. The summed E-state index contributed by atoms with van der Waals surface area (Å²) < 4.78 is 31.9. The summed E-state index contributed by atoms with van der Waals surface area (Å²) in [7, 11) is -1.98. The van der Waals surface area contributed by atoms with E-state index in [9.17, 15) is 8.42 Å². The molecule has 0 bridgehead atoms. The number of rotatable bonds is 4. The van der Waals surface area contributed by atoms with Gasteiger partial charge in [-0.2, -0.15) is 0 Å². The molecule has 6 heteroatoms. The smallest absolute Gasteiger partial charge is 0.240 e. The second-order valence-electron chi connectivity index (χ2n) is 6.42. The van der Waals surface area contributed by atoms with E-state index in [0.717, 1.165) is 18.7 Å². The topological polar surface area (TPSA) is 67.4 Å². The van der Waals surface area contributed by atoms with Crippen molar-refractivity contribution >= 4 is 15.7 Å². The van der Waals surface area contributed by atoms with Gasteiger partial charge in [-0.1, -0.05) is 19.9 Å². The molecule has 1 saturated carbocycles. The first-order chi connectivity index (χ1) is 9.86. The molecule has 0 amide bonds. The standard InChI is InChI=1S/C15H22N2O3S/c1-15(2)13(12-7-8-20-14(12)15)17-10-5-4-6-11(9-10)21(18,19)16-3/h4-6,9,12-14,16-17H,7-8H2,1-3H3. The van der Waals surface area contributed by atoms with E-state index < -0.39 is 10.0 Å². The van der Waals surface area contributed by atoms with Crippen molar-refractivity contribution in [2.75, 3.05) is 19.0 Å². The van der Waals surface area contributed by atoms with E-state index >= 15 is 0 Å². The van der Waals surface area contributed by atoms with E-state index in [0.29, 0.717) is 18.1 Å². The van der Waals surface area contributed by atoms with Gasteiger partial charge in [0.25, 0.3) is 0 Å². The molecular weight excluding hydrogens is 288 g/mol. The molecule has 1 aliphatic carbocycles. The molecule has 5 nitrogen and oxygen atoms in total. The highest BCUT2D eigenvalue weighted by Crippen LogP contribution is 2.53. The van der Waals surface area contributed by atoms with Gasteiger partial charge in [0.1, 0.15) is 0 Å². The number of hydrogen-bond donors (Lipinski definition) is 2. The van der Waals surface area contributed by atoms with Crippen LogP contribution in [-0.2, 0) is 14.8 Å². The van der Waals surface area contributed by atoms with Gasteiger partial charge < -0.3 is 10.1 Å². The molecule has 2 fully saturated rings. The molecule has 0 aromatic heterocycles. The molecule has 0 radical (unpaired) electrons. The first-order valence-electron chi connectivity index (χ1n) is 7.28. The molecule has 3 atom stereocenters. The summed E-state index contributed by atoms with van der Waals surface area (Å²) in [5.41, 5.74) is 0.911. The van der Waals surface area contributed by atoms with Crippen LogP contribution in [-0.4, -0.2) is 34.2 Å². The number of anilines is 1. The van der Waals surface area contributed by atoms with Crippen LogP contribution in [0.5, 0.6) is 0 Å². The molecule has 2 N–H and O–H groups in total. The van der Waals surface area contributed by atoms with Crippen LogP contribution in [0.3, 0.4) is 0 Å². The van der Waals surface area contributed by atoms with E-state index in [1.165, 1.54) is 7.05 Å². The Hall–Kier alpha value is -1.11. The molecule has 1 saturated heterocycles. The molecule has 21 heavy (non-hydrogen) atoms. The Morgan fingerprint density at radius 2 is 2.10 bits per heavy atom. The van der Waals surface area contributed by atoms with Crippen molar-refractivity contribution in [3.8, 4) is 0 Å². The highest BCUT2D eigenvalue weighted by atomic mass is 32.2. The largest absolute Gasteiger partial charge is 0.381 e. The summed E-state index contributed by atoms with van der Waals surface area (Å²) in [5.74, 6) is 0.518. The van der Waals surface area contributed by atoms with Gasteiger partial charge in [0.2, 0.25) is 10.0 Å². The predicted molar refractivity (Wildman–Crippen MR) is 81.7 cm³/mol. The maximum Gasteiger partial charge on any atom is 0.240 e. The van der Waals surface area contributed by atoms with Gasteiger partial charge in [0.05, 0.1) is 11.0 Å². The van der Waals surface area contributed by atoms with Crippen LogP contribution in [0.2, 0.25) is 0 Å². The quantitative estimate of drug-likeness (QED) is 0.890. The Bertz CT molecular complexity index is 642. The fourth-order valence-electron chi connectivity index (χ4n) is 3.67. The van der Waals surface area contributed by atoms with E-state index in [1.54, 1.807) is 18.2 Å². The van der Waals surface area contributed by atoms with Crippen molar-refractivity contribution in [1.29, 1.82) is 0 Å². The van der Waals surface area contributed by atoms with Gasteiger partial charge in [-0.05, 0) is 31.7 Å². The Morgan fingerprint density at radius 1 is 1.33 bits per heavy atom. The lowest BCUT2D eigenvalue weighted by Crippen LogP contribution is -2.63. The average molecular weight is 310 g/mol. The third-order valence-corrected chi connectivity index (χ3v) is 6.25. The zero-order valence-electron chi connectivity index (χ0n) is 12.6. The van der Waals surface area contributed by atoms with E-state index in [1.807, 2.05) is 6.07 Å². The molecule has 3 rings (SSSR count). The number of sulfonamides is 1. The summed E-state index contributed by atoms with van der Waals surface area (Å²) in [5, 5.41) is 3.50. The zero-order chi connectivity index (χ0) is 15.3. The van der Waals surface area contributed by atoms with Crippen LogP contribution < -0.4 is 10.0 Å². The summed E-state index contributed by atoms with van der Waals surface area (Å²) in [4.78, 5) is 0.284. The molecule has 0 spiro atoms. The summed E-state index contributed by atoms with van der Waals surface area (Å²) >= 11 is 0. The van der Waals surface area contributed by atoms with Crippen LogP contribution in [0.25, 0.3) is 0 Å². The first kappa shape index (κ1) is 14.8. The summed E-state index contributed by atoms with van der Waals surface area (Å²) in [6, 6.07) is 7.28. The molecule has 1 heterocycles. The molecular formula is C15H22N2O3S. The maximum absolute atomic E-state index is 11.9. The average Bonchev–Trinajstić information content (AvgIpc) is 2.92. The van der Waals surface area contributed by atoms with Gasteiger partial charge in [0, 0.05) is 29.7 Å². The second-order valence-corrected chi connectivity index (χ2v) is 8.31. The zero-order valence-corrected chi connectivity index (χ0v) is 13.4. The van der Waals surface area contributed by atoms with Gasteiger partial charge in [-0.3, -0.25) is 0 Å². The van der Waals surface area contributed by atoms with Crippen LogP contribution >= 0.6 is 0 Å². The number of hydrogen-bond acceptors (Lipinski definition) is 4. The van der Waals surface area contributed by atoms with Crippen molar-refractivity contribution in [3.05, 3.63) is 24.3 Å². The number of fused-ring (bicyclic) bond motifs is 1. The molecule has 3 unspecified atom stereocenters. The van der Waals surface area contributed by atoms with Crippen molar-refractivity contribution < 1.29 is 13.2 Å². The lowest BCUT2D eigenvalue weighted by Gasteiger charge is -2.55. The number of nitrogens with one attached hydrogen (secondary N) is 2. The highest BCUT2D eigenvalue weighted by Gasteiger charge is 2.59. The Morgan fingerprint density at radius 3 is 2.81 bits per heavy atom. The maximum atomic E-state index is 11.9. The van der Waals surface area contributed by atoms with Gasteiger partial charge in [-0.15, -0.1) is 0 Å². The normalized spacial score (nSPS) is 30.5. The first-order valence-corrected chi connectivity index (χ1v) is 8.76. The van der Waals surface area contributed by atoms with Crippen molar-refractivity contribution in [2.45, 2.75) is 37.3 Å². The third-order valence-electron chi connectivity index (χ3n) is 4.84. The monoisotopic (exact) mass is 310 g/mol. The van der Waals surface area contributed by atoms with Gasteiger partial charge >= 0.3 is 0 Å². The second kappa shape index (κ2) is 4.97. The molecule has 2 aliphatic rings. The van der Waals surface area contributed by atoms with E-state index in [4.69, 9.17) is 4.74 Å². The Balaban J connectivity index is 1.82. The Labute approximate surface area is 126 Å². The van der Waals surface area contributed by atoms with E-state index in [-0.39, 0.29) is 10.3 Å². The van der Waals surface area contributed by atoms with Gasteiger partial charge in [-0.25, -0.2) is 13.1 Å². The SMILES string of the molecule is CNS(=O)(=O)c1cccc(NC2C3CCOC3C2(C)C)c1. The fraction of sp³-hybridized carbons (Fsp3) is 0.600. The van der Waals surface area contributed by atoms with Crippen LogP contribution in [0.1, 0.15) is 20.3 Å². The van der Waals surface area contributed by atoms with Crippen molar-refractivity contribution in [3.63, 3.8) is 0 Å².